The molecule has 0 saturated heterocycles. The highest BCUT2D eigenvalue weighted by atomic mass is 35.5. The van der Waals surface area contributed by atoms with Gasteiger partial charge >= 0.3 is 0 Å². The summed E-state index contributed by atoms with van der Waals surface area (Å²) in [7, 11) is 1.95. The van der Waals surface area contributed by atoms with Gasteiger partial charge in [-0.25, -0.2) is 4.39 Å². The summed E-state index contributed by atoms with van der Waals surface area (Å²) in [6.07, 6.45) is 0.961. The van der Waals surface area contributed by atoms with Crippen molar-refractivity contribution >= 4 is 11.6 Å². The molecule has 2 rings (SSSR count). The molecule has 0 heterocycles. The molecule has 0 fully saturated rings. The molecule has 0 bridgehead atoms. The summed E-state index contributed by atoms with van der Waals surface area (Å²) < 4.78 is 19.2. The molecule has 112 valence electrons. The van der Waals surface area contributed by atoms with Gasteiger partial charge < -0.3 is 10.1 Å². The van der Waals surface area contributed by atoms with Crippen LogP contribution in [0.25, 0.3) is 0 Å². The van der Waals surface area contributed by atoms with Crippen molar-refractivity contribution in [3.8, 4) is 5.75 Å². The minimum absolute atomic E-state index is 0.190. The summed E-state index contributed by atoms with van der Waals surface area (Å²) in [6, 6.07) is 12.9. The number of hydrogen-bond donors (Lipinski definition) is 1. The fourth-order valence-electron chi connectivity index (χ4n) is 1.98. The van der Waals surface area contributed by atoms with Crippen LogP contribution in [0.2, 0.25) is 5.02 Å². The molecule has 21 heavy (non-hydrogen) atoms. The molecule has 2 aromatic carbocycles. The standard InChI is InChI=1S/C17H19ClFNO/c1-12(20-2)9-13-3-7-16(8-4-13)21-11-14-5-6-15(18)10-17(14)19/h3-8,10,12,20H,9,11H2,1-2H3. The number of hydrogen-bond acceptors (Lipinski definition) is 2. The second kappa shape index (κ2) is 7.43. The topological polar surface area (TPSA) is 21.3 Å². The van der Waals surface area contributed by atoms with Crippen LogP contribution in [0.4, 0.5) is 4.39 Å². The molecule has 0 aromatic heterocycles. The molecular weight excluding hydrogens is 289 g/mol. The average Bonchev–Trinajstić information content (AvgIpc) is 2.48. The van der Waals surface area contributed by atoms with Gasteiger partial charge in [0.05, 0.1) is 0 Å². The molecule has 4 heteroatoms. The Kier molecular flexibility index (Phi) is 5.59. The zero-order valence-electron chi connectivity index (χ0n) is 12.2. The van der Waals surface area contributed by atoms with Crippen LogP contribution in [0.15, 0.2) is 42.5 Å². The Hall–Kier alpha value is -1.58. The van der Waals surface area contributed by atoms with Crippen molar-refractivity contribution in [2.75, 3.05) is 7.05 Å². The highest BCUT2D eigenvalue weighted by molar-refractivity contribution is 6.30. The van der Waals surface area contributed by atoms with Gasteiger partial charge in [0, 0.05) is 16.6 Å². The van der Waals surface area contributed by atoms with Crippen molar-refractivity contribution < 1.29 is 9.13 Å². The van der Waals surface area contributed by atoms with Crippen LogP contribution in [0.1, 0.15) is 18.1 Å². The molecule has 2 aromatic rings. The zero-order valence-corrected chi connectivity index (χ0v) is 13.0. The third kappa shape index (κ3) is 4.73. The Morgan fingerprint density at radius 2 is 1.90 bits per heavy atom. The van der Waals surface area contributed by atoms with Gasteiger partial charge in [-0.1, -0.05) is 29.8 Å². The molecule has 0 aliphatic rings. The second-order valence-corrected chi connectivity index (χ2v) is 5.50. The highest BCUT2D eigenvalue weighted by Gasteiger charge is 2.05. The summed E-state index contributed by atoms with van der Waals surface area (Å²) in [4.78, 5) is 0. The van der Waals surface area contributed by atoms with Gasteiger partial charge in [0.2, 0.25) is 0 Å². The van der Waals surface area contributed by atoms with E-state index in [-0.39, 0.29) is 12.4 Å². The van der Waals surface area contributed by atoms with Crippen molar-refractivity contribution in [1.82, 2.24) is 5.32 Å². The summed E-state index contributed by atoms with van der Waals surface area (Å²) in [5.74, 6) is 0.382. The number of halogens is 2. The Bertz CT molecular complexity index is 586. The van der Waals surface area contributed by atoms with E-state index in [9.17, 15) is 4.39 Å². The van der Waals surface area contributed by atoms with E-state index in [2.05, 4.69) is 12.2 Å². The fourth-order valence-corrected chi connectivity index (χ4v) is 2.14. The van der Waals surface area contributed by atoms with E-state index in [1.54, 1.807) is 12.1 Å². The Morgan fingerprint density at radius 1 is 1.19 bits per heavy atom. The van der Waals surface area contributed by atoms with Crippen LogP contribution in [0.3, 0.4) is 0 Å². The van der Waals surface area contributed by atoms with Gasteiger partial charge in [0.25, 0.3) is 0 Å². The van der Waals surface area contributed by atoms with E-state index < -0.39 is 0 Å². The van der Waals surface area contributed by atoms with Crippen LogP contribution < -0.4 is 10.1 Å². The van der Waals surface area contributed by atoms with Crippen LogP contribution >= 0.6 is 11.6 Å². The Morgan fingerprint density at radius 3 is 2.52 bits per heavy atom. The first-order valence-electron chi connectivity index (χ1n) is 6.91. The van der Waals surface area contributed by atoms with E-state index in [4.69, 9.17) is 16.3 Å². The Labute approximate surface area is 129 Å². The first kappa shape index (κ1) is 15.8. The predicted octanol–water partition coefficient (Wildman–Crippen LogP) is 4.21. The maximum absolute atomic E-state index is 13.6. The van der Waals surface area contributed by atoms with E-state index in [0.29, 0.717) is 16.6 Å². The van der Waals surface area contributed by atoms with Gasteiger partial charge in [-0.15, -0.1) is 0 Å². The van der Waals surface area contributed by atoms with E-state index in [1.165, 1.54) is 11.6 Å². The fraction of sp³-hybridized carbons (Fsp3) is 0.294. The number of nitrogens with one attached hydrogen (secondary N) is 1. The zero-order chi connectivity index (χ0) is 15.2. The lowest BCUT2D eigenvalue weighted by Gasteiger charge is -2.11. The lowest BCUT2D eigenvalue weighted by molar-refractivity contribution is 0.300. The van der Waals surface area contributed by atoms with Gasteiger partial charge in [0.15, 0.2) is 0 Å². The largest absolute Gasteiger partial charge is 0.489 e. The summed E-state index contributed by atoms with van der Waals surface area (Å²) >= 11 is 5.72. The maximum Gasteiger partial charge on any atom is 0.131 e. The lowest BCUT2D eigenvalue weighted by Crippen LogP contribution is -2.23. The van der Waals surface area contributed by atoms with E-state index in [0.717, 1.165) is 12.2 Å². The molecule has 0 aliphatic carbocycles. The first-order valence-corrected chi connectivity index (χ1v) is 7.29. The number of likely N-dealkylation sites (N-methyl/N-ethyl adjacent to an activating group) is 1. The van der Waals surface area contributed by atoms with Crippen LogP contribution in [-0.2, 0) is 13.0 Å². The lowest BCUT2D eigenvalue weighted by atomic mass is 10.1. The summed E-state index contributed by atoms with van der Waals surface area (Å²) in [5, 5.41) is 3.59. The van der Waals surface area contributed by atoms with Gasteiger partial charge in [-0.05, 0) is 50.2 Å². The average molecular weight is 308 g/mol. The molecule has 1 unspecified atom stereocenters. The van der Waals surface area contributed by atoms with Gasteiger partial charge in [-0.3, -0.25) is 0 Å². The van der Waals surface area contributed by atoms with E-state index >= 15 is 0 Å². The highest BCUT2D eigenvalue weighted by Crippen LogP contribution is 2.18. The second-order valence-electron chi connectivity index (χ2n) is 5.06. The number of rotatable bonds is 6. The molecule has 0 aliphatic heterocycles. The predicted molar refractivity (Wildman–Crippen MR) is 84.4 cm³/mol. The molecule has 1 N–H and O–H groups in total. The quantitative estimate of drug-likeness (QED) is 0.863. The van der Waals surface area contributed by atoms with Crippen molar-refractivity contribution in [2.24, 2.45) is 0 Å². The van der Waals surface area contributed by atoms with Crippen LogP contribution in [-0.4, -0.2) is 13.1 Å². The maximum atomic E-state index is 13.6. The van der Waals surface area contributed by atoms with Crippen LogP contribution in [0, 0.1) is 5.82 Å². The summed E-state index contributed by atoms with van der Waals surface area (Å²) in [5.41, 5.74) is 1.73. The summed E-state index contributed by atoms with van der Waals surface area (Å²) in [6.45, 7) is 2.32. The monoisotopic (exact) mass is 307 g/mol. The smallest absolute Gasteiger partial charge is 0.131 e. The minimum Gasteiger partial charge on any atom is -0.489 e. The minimum atomic E-state index is -0.345. The molecular formula is C17H19ClFNO. The molecule has 1 atom stereocenters. The molecule has 0 amide bonds. The van der Waals surface area contributed by atoms with Crippen molar-refractivity contribution in [2.45, 2.75) is 26.0 Å². The van der Waals surface area contributed by atoms with Crippen molar-refractivity contribution in [1.29, 1.82) is 0 Å². The third-order valence-corrected chi connectivity index (χ3v) is 3.60. The van der Waals surface area contributed by atoms with Crippen molar-refractivity contribution in [3.05, 3.63) is 64.4 Å². The molecule has 0 saturated carbocycles. The molecule has 0 spiro atoms. The molecule has 2 nitrogen and oxygen atoms in total. The van der Waals surface area contributed by atoms with E-state index in [1.807, 2.05) is 31.3 Å². The number of ether oxygens (including phenoxy) is 1. The van der Waals surface area contributed by atoms with Gasteiger partial charge in [0.1, 0.15) is 18.2 Å². The first-order chi connectivity index (χ1) is 10.1. The molecule has 0 radical (unpaired) electrons. The normalized spacial score (nSPS) is 12.2. The Balaban J connectivity index is 1.94. The SMILES string of the molecule is CNC(C)Cc1ccc(OCc2ccc(Cl)cc2F)cc1. The van der Waals surface area contributed by atoms with Crippen LogP contribution in [0.5, 0.6) is 5.75 Å². The number of benzene rings is 2. The third-order valence-electron chi connectivity index (χ3n) is 3.37. The van der Waals surface area contributed by atoms with Gasteiger partial charge in [-0.2, -0.15) is 0 Å². The van der Waals surface area contributed by atoms with Crippen molar-refractivity contribution in [3.63, 3.8) is 0 Å².